The summed E-state index contributed by atoms with van der Waals surface area (Å²) in [5, 5.41) is 2.33. The second-order valence-electron chi connectivity index (χ2n) is 4.63. The molecule has 1 N–H and O–H groups in total. The van der Waals surface area contributed by atoms with Gasteiger partial charge in [-0.3, -0.25) is 0 Å². The Bertz CT molecular complexity index is 468. The van der Waals surface area contributed by atoms with Gasteiger partial charge in [-0.2, -0.15) is 0 Å². The van der Waals surface area contributed by atoms with Gasteiger partial charge >= 0.3 is 6.09 Å². The first-order chi connectivity index (χ1) is 8.74. The van der Waals surface area contributed by atoms with Gasteiger partial charge in [0.1, 0.15) is 34.6 Å². The number of alkyl carbamates (subject to hydrolysis) is 1. The van der Waals surface area contributed by atoms with Gasteiger partial charge in [-0.1, -0.05) is 23.2 Å². The maximum absolute atomic E-state index is 11.6. The van der Waals surface area contributed by atoms with Gasteiger partial charge in [-0.05, 0) is 20.8 Å². The fraction of sp³-hybridized carbons (Fsp3) is 0.455. The van der Waals surface area contributed by atoms with Crippen LogP contribution in [0.25, 0.3) is 0 Å². The summed E-state index contributed by atoms with van der Waals surface area (Å²) >= 11 is 11.7. The highest BCUT2D eigenvalue weighted by molar-refractivity contribution is 6.34. The molecule has 19 heavy (non-hydrogen) atoms. The number of hydrogen-bond donors (Lipinski definition) is 1. The van der Waals surface area contributed by atoms with Crippen LogP contribution in [0.3, 0.4) is 0 Å². The Kier molecular flexibility index (Phi) is 5.08. The quantitative estimate of drug-likeness (QED) is 0.685. The van der Waals surface area contributed by atoms with Crippen LogP contribution in [0.4, 0.5) is 4.79 Å². The van der Waals surface area contributed by atoms with Crippen LogP contribution in [-0.4, -0.2) is 27.9 Å². The zero-order chi connectivity index (χ0) is 14.6. The Morgan fingerprint density at radius 1 is 1.37 bits per heavy atom. The first-order valence-corrected chi connectivity index (χ1v) is 6.11. The average Bonchev–Trinajstić information content (AvgIpc) is 2.24. The summed E-state index contributed by atoms with van der Waals surface area (Å²) in [6.07, 6.45) is 0.866. The van der Waals surface area contributed by atoms with Crippen molar-refractivity contribution in [2.75, 3.05) is 0 Å². The van der Waals surface area contributed by atoms with Gasteiger partial charge in [0.2, 0.25) is 0 Å². The monoisotopic (exact) mass is 305 g/mol. The van der Waals surface area contributed by atoms with E-state index in [1.54, 1.807) is 20.8 Å². The van der Waals surface area contributed by atoms with E-state index < -0.39 is 17.7 Å². The Labute approximate surface area is 120 Å². The third-order valence-corrected chi connectivity index (χ3v) is 2.51. The molecule has 0 aromatic carbocycles. The molecule has 0 aliphatic rings. The fourth-order valence-corrected chi connectivity index (χ4v) is 1.77. The fourth-order valence-electron chi connectivity index (χ4n) is 1.22. The SMILES string of the molecule is CC(C)(C)OC(=O)NC(C=O)c1c(Cl)ncnc1Cl. The normalized spacial score (nSPS) is 12.7. The first-order valence-electron chi connectivity index (χ1n) is 5.35. The molecule has 1 unspecified atom stereocenters. The highest BCUT2D eigenvalue weighted by Gasteiger charge is 2.24. The molecular formula is C11H13Cl2N3O3. The number of halogens is 2. The van der Waals surface area contributed by atoms with Crippen molar-refractivity contribution in [3.05, 3.63) is 22.2 Å². The van der Waals surface area contributed by atoms with E-state index in [1.807, 2.05) is 0 Å². The number of aromatic nitrogens is 2. The van der Waals surface area contributed by atoms with Crippen LogP contribution in [0.1, 0.15) is 32.4 Å². The topological polar surface area (TPSA) is 81.2 Å². The molecule has 1 rings (SSSR count). The molecule has 0 radical (unpaired) electrons. The Morgan fingerprint density at radius 3 is 2.32 bits per heavy atom. The standard InChI is InChI=1S/C11H13Cl2N3O3/c1-11(2,3)19-10(18)16-6(4-17)7-8(12)14-5-15-9(7)13/h4-6H,1-3H3,(H,16,18). The molecule has 1 atom stereocenters. The third-order valence-electron chi connectivity index (χ3n) is 1.91. The van der Waals surface area contributed by atoms with E-state index in [0.717, 1.165) is 6.33 Å². The number of hydrogen-bond acceptors (Lipinski definition) is 5. The number of nitrogens with one attached hydrogen (secondary N) is 1. The zero-order valence-corrected chi connectivity index (χ0v) is 12.1. The van der Waals surface area contributed by atoms with Crippen LogP contribution in [-0.2, 0) is 9.53 Å². The van der Waals surface area contributed by atoms with E-state index in [4.69, 9.17) is 27.9 Å². The summed E-state index contributed by atoms with van der Waals surface area (Å²) in [5.74, 6) is 0. The van der Waals surface area contributed by atoms with E-state index in [2.05, 4.69) is 15.3 Å². The molecule has 6 nitrogen and oxygen atoms in total. The molecule has 104 valence electrons. The lowest BCUT2D eigenvalue weighted by atomic mass is 10.2. The zero-order valence-electron chi connectivity index (χ0n) is 10.6. The van der Waals surface area contributed by atoms with E-state index in [0.29, 0.717) is 6.29 Å². The van der Waals surface area contributed by atoms with Crippen molar-refractivity contribution in [2.24, 2.45) is 0 Å². The number of carbonyl (C=O) groups is 2. The molecule has 0 aliphatic carbocycles. The summed E-state index contributed by atoms with van der Waals surface area (Å²) in [7, 11) is 0. The lowest BCUT2D eigenvalue weighted by molar-refractivity contribution is -0.109. The van der Waals surface area contributed by atoms with Crippen LogP contribution in [0.2, 0.25) is 10.3 Å². The largest absolute Gasteiger partial charge is 0.444 e. The third kappa shape index (κ3) is 4.65. The maximum Gasteiger partial charge on any atom is 0.408 e. The summed E-state index contributed by atoms with van der Waals surface area (Å²) in [6, 6.07) is -1.07. The van der Waals surface area contributed by atoms with Crippen LogP contribution in [0.15, 0.2) is 6.33 Å². The second-order valence-corrected chi connectivity index (χ2v) is 5.34. The molecule has 1 aromatic heterocycles. The number of nitrogens with zero attached hydrogens (tertiary/aromatic N) is 2. The van der Waals surface area contributed by atoms with Gasteiger partial charge in [0.15, 0.2) is 0 Å². The minimum absolute atomic E-state index is 0.00633. The van der Waals surface area contributed by atoms with Crippen molar-refractivity contribution in [3.8, 4) is 0 Å². The molecule has 1 amide bonds. The van der Waals surface area contributed by atoms with E-state index >= 15 is 0 Å². The highest BCUT2D eigenvalue weighted by atomic mass is 35.5. The van der Waals surface area contributed by atoms with Crippen LogP contribution < -0.4 is 5.32 Å². The molecule has 1 aromatic rings. The van der Waals surface area contributed by atoms with E-state index in [1.165, 1.54) is 0 Å². The minimum Gasteiger partial charge on any atom is -0.444 e. The van der Waals surface area contributed by atoms with Gasteiger partial charge in [0.05, 0.1) is 5.56 Å². The average molecular weight is 306 g/mol. The molecule has 0 spiro atoms. The molecule has 0 saturated heterocycles. The van der Waals surface area contributed by atoms with Crippen molar-refractivity contribution < 1.29 is 14.3 Å². The van der Waals surface area contributed by atoms with Gasteiger partial charge in [-0.25, -0.2) is 14.8 Å². The second kappa shape index (κ2) is 6.16. The molecule has 8 heteroatoms. The van der Waals surface area contributed by atoms with Crippen molar-refractivity contribution in [1.29, 1.82) is 0 Å². The minimum atomic E-state index is -1.07. The predicted molar refractivity (Wildman–Crippen MR) is 70.2 cm³/mol. The predicted octanol–water partition coefficient (Wildman–Crippen LogP) is 2.55. The molecule has 1 heterocycles. The van der Waals surface area contributed by atoms with Gasteiger partial charge in [0, 0.05) is 0 Å². The Balaban J connectivity index is 2.91. The van der Waals surface area contributed by atoms with Crippen molar-refractivity contribution in [3.63, 3.8) is 0 Å². The summed E-state index contributed by atoms with van der Waals surface area (Å²) in [5.41, 5.74) is -0.551. The maximum atomic E-state index is 11.6. The van der Waals surface area contributed by atoms with Crippen LogP contribution in [0.5, 0.6) is 0 Å². The Hall–Kier alpha value is -1.40. The number of aldehydes is 1. The number of ether oxygens (including phenoxy) is 1. The summed E-state index contributed by atoms with van der Waals surface area (Å²) in [4.78, 5) is 30.1. The van der Waals surface area contributed by atoms with E-state index in [-0.39, 0.29) is 15.9 Å². The molecule has 0 saturated carbocycles. The van der Waals surface area contributed by atoms with Crippen molar-refractivity contribution in [2.45, 2.75) is 32.4 Å². The van der Waals surface area contributed by atoms with Gasteiger partial charge in [0.25, 0.3) is 0 Å². The summed E-state index contributed by atoms with van der Waals surface area (Å²) < 4.78 is 5.04. The smallest absolute Gasteiger partial charge is 0.408 e. The first kappa shape index (κ1) is 15.7. The molecule has 0 aliphatic heterocycles. The van der Waals surface area contributed by atoms with Crippen LogP contribution >= 0.6 is 23.2 Å². The molecule has 0 bridgehead atoms. The molecular weight excluding hydrogens is 293 g/mol. The summed E-state index contributed by atoms with van der Waals surface area (Å²) in [6.45, 7) is 5.11. The van der Waals surface area contributed by atoms with Crippen molar-refractivity contribution >= 4 is 35.6 Å². The number of amides is 1. The van der Waals surface area contributed by atoms with Gasteiger partial charge < -0.3 is 14.8 Å². The number of carbonyl (C=O) groups excluding carboxylic acids is 2. The van der Waals surface area contributed by atoms with Gasteiger partial charge in [-0.15, -0.1) is 0 Å². The van der Waals surface area contributed by atoms with Crippen LogP contribution in [0, 0.1) is 0 Å². The number of rotatable bonds is 3. The van der Waals surface area contributed by atoms with Crippen molar-refractivity contribution in [1.82, 2.24) is 15.3 Å². The van der Waals surface area contributed by atoms with E-state index in [9.17, 15) is 9.59 Å². The molecule has 0 fully saturated rings. The highest BCUT2D eigenvalue weighted by Crippen LogP contribution is 2.26. The Morgan fingerprint density at radius 2 is 1.89 bits per heavy atom. The lowest BCUT2D eigenvalue weighted by Crippen LogP contribution is -2.35. The lowest BCUT2D eigenvalue weighted by Gasteiger charge is -2.21.